The number of hydrogen-bond donors (Lipinski definition) is 0. The van der Waals surface area contributed by atoms with E-state index in [9.17, 15) is 0 Å². The first-order chi connectivity index (χ1) is 11.4. The van der Waals surface area contributed by atoms with Crippen molar-refractivity contribution in [1.82, 2.24) is 9.80 Å². The molecule has 0 aliphatic heterocycles. The monoisotopic (exact) mass is 336 g/mol. The lowest BCUT2D eigenvalue weighted by Gasteiger charge is -2.30. The van der Waals surface area contributed by atoms with Crippen molar-refractivity contribution >= 4 is 0 Å². The molecule has 0 radical (unpaired) electrons. The molecule has 0 aromatic heterocycles. The molecule has 0 N–H and O–H groups in total. The summed E-state index contributed by atoms with van der Waals surface area (Å²) in [7, 11) is 8.75. The summed E-state index contributed by atoms with van der Waals surface area (Å²) in [6.07, 6.45) is 10.2. The molecule has 4 unspecified atom stereocenters. The Kier molecular flexibility index (Phi) is 13.4. The van der Waals surface area contributed by atoms with Crippen molar-refractivity contribution in [2.75, 3.05) is 28.2 Å². The molecule has 0 fully saturated rings. The lowest BCUT2D eigenvalue weighted by atomic mass is 9.88. The van der Waals surface area contributed by atoms with Gasteiger partial charge in [-0.05, 0) is 52.9 Å². The van der Waals surface area contributed by atoms with Gasteiger partial charge in [0.15, 0.2) is 0 Å². The van der Waals surface area contributed by atoms with Crippen LogP contribution in [0.5, 0.6) is 0 Å². The highest BCUT2D eigenvalue weighted by atomic mass is 15.1. The second kappa shape index (κ2) is 13.7. The Labute approximate surface area is 153 Å². The van der Waals surface area contributed by atoms with Gasteiger partial charge in [0.2, 0.25) is 0 Å². The Morgan fingerprint density at radius 1 is 0.625 bits per heavy atom. The van der Waals surface area contributed by atoms with Gasteiger partial charge < -0.3 is 0 Å². The molecule has 0 aromatic rings. The predicted molar refractivity (Wildman–Crippen MR) is 109 cm³/mol. The Balaban J connectivity index is 5.25. The fraction of sp³-hybridized carbons (Fsp3) is 0.909. The summed E-state index contributed by atoms with van der Waals surface area (Å²) >= 11 is 0. The van der Waals surface area contributed by atoms with Crippen LogP contribution in [0.1, 0.15) is 79.1 Å². The number of rotatable bonds is 12. The van der Waals surface area contributed by atoms with E-state index in [2.05, 4.69) is 77.5 Å². The Bertz CT molecular complexity index is 319. The summed E-state index contributed by atoms with van der Waals surface area (Å²) in [5, 5.41) is 0. The minimum Gasteiger partial charge on any atom is -0.296 e. The fourth-order valence-electron chi connectivity index (χ4n) is 3.61. The molecule has 0 aliphatic rings. The van der Waals surface area contributed by atoms with Crippen LogP contribution >= 0.6 is 0 Å². The minimum atomic E-state index is 0.382. The van der Waals surface area contributed by atoms with E-state index in [-0.39, 0.29) is 0 Å². The highest BCUT2D eigenvalue weighted by molar-refractivity contribution is 5.16. The van der Waals surface area contributed by atoms with E-state index in [1.807, 2.05) is 0 Å². The number of nitrogens with zero attached hydrogens (tertiary/aromatic N) is 2. The maximum absolute atomic E-state index is 3.69. The average molecular weight is 337 g/mol. The standard InChI is InChI=1S/C22H44N2/c1-9-13-15-19(11-3)21(23(5)6)17-18-22(24(7)8)20(12-4)16-14-10-2/h19-22H,9-16H2,1-8H3. The van der Waals surface area contributed by atoms with Crippen LogP contribution in [0.15, 0.2) is 0 Å². The summed E-state index contributed by atoms with van der Waals surface area (Å²) in [6.45, 7) is 9.20. The van der Waals surface area contributed by atoms with Crippen LogP contribution in [-0.2, 0) is 0 Å². The summed E-state index contributed by atoms with van der Waals surface area (Å²) in [5.41, 5.74) is 0. The van der Waals surface area contributed by atoms with Crippen molar-refractivity contribution in [3.05, 3.63) is 0 Å². The molecule has 0 saturated heterocycles. The quantitative estimate of drug-likeness (QED) is 0.447. The molecule has 0 heterocycles. The van der Waals surface area contributed by atoms with Gasteiger partial charge in [0, 0.05) is 0 Å². The molecule has 0 bridgehead atoms. The zero-order valence-electron chi connectivity index (χ0n) is 17.9. The van der Waals surface area contributed by atoms with Crippen molar-refractivity contribution in [3.8, 4) is 11.8 Å². The Hall–Kier alpha value is -0.520. The van der Waals surface area contributed by atoms with Crippen LogP contribution in [0, 0.1) is 23.7 Å². The lowest BCUT2D eigenvalue weighted by molar-refractivity contribution is 0.234. The number of unbranched alkanes of at least 4 members (excludes halogenated alkanes) is 2. The topological polar surface area (TPSA) is 6.48 Å². The van der Waals surface area contributed by atoms with Gasteiger partial charge in [-0.1, -0.05) is 78.1 Å². The van der Waals surface area contributed by atoms with Gasteiger partial charge >= 0.3 is 0 Å². The van der Waals surface area contributed by atoms with E-state index in [1.54, 1.807) is 0 Å². The van der Waals surface area contributed by atoms with E-state index in [1.165, 1.54) is 51.4 Å². The molecule has 4 atom stereocenters. The van der Waals surface area contributed by atoms with Gasteiger partial charge in [-0.25, -0.2) is 0 Å². The molecule has 0 amide bonds. The zero-order chi connectivity index (χ0) is 18.5. The van der Waals surface area contributed by atoms with Gasteiger partial charge in [0.05, 0.1) is 12.1 Å². The third-order valence-electron chi connectivity index (χ3n) is 5.29. The highest BCUT2D eigenvalue weighted by Crippen LogP contribution is 2.22. The van der Waals surface area contributed by atoms with Crippen LogP contribution < -0.4 is 0 Å². The summed E-state index contributed by atoms with van der Waals surface area (Å²) < 4.78 is 0. The van der Waals surface area contributed by atoms with Crippen molar-refractivity contribution < 1.29 is 0 Å². The molecule has 2 nitrogen and oxygen atoms in total. The molecular formula is C22H44N2. The summed E-state index contributed by atoms with van der Waals surface area (Å²) in [4.78, 5) is 4.66. The SMILES string of the molecule is CCCCC(CC)C(C#CC(C(CC)CCCC)N(C)C)N(C)C. The van der Waals surface area contributed by atoms with Crippen LogP contribution in [-0.4, -0.2) is 50.1 Å². The summed E-state index contributed by atoms with van der Waals surface area (Å²) in [6, 6.07) is 0.764. The lowest BCUT2D eigenvalue weighted by Crippen LogP contribution is -2.37. The second-order valence-corrected chi connectivity index (χ2v) is 7.73. The van der Waals surface area contributed by atoms with E-state index < -0.39 is 0 Å². The summed E-state index contributed by atoms with van der Waals surface area (Å²) in [5.74, 6) is 8.74. The maximum Gasteiger partial charge on any atom is 0.0738 e. The Morgan fingerprint density at radius 2 is 0.958 bits per heavy atom. The van der Waals surface area contributed by atoms with Crippen LogP contribution in [0.25, 0.3) is 0 Å². The average Bonchev–Trinajstić information content (AvgIpc) is 2.55. The van der Waals surface area contributed by atoms with Crippen molar-refractivity contribution in [2.45, 2.75) is 91.1 Å². The molecule has 0 saturated carbocycles. The normalized spacial score (nSPS) is 16.6. The molecule has 0 aromatic carbocycles. The van der Waals surface area contributed by atoms with Gasteiger partial charge in [0.25, 0.3) is 0 Å². The molecule has 142 valence electrons. The molecule has 0 rings (SSSR count). The van der Waals surface area contributed by atoms with E-state index >= 15 is 0 Å². The predicted octanol–water partition coefficient (Wildman–Crippen LogP) is 5.28. The first-order valence-corrected chi connectivity index (χ1v) is 10.3. The molecule has 0 spiro atoms. The smallest absolute Gasteiger partial charge is 0.0738 e. The van der Waals surface area contributed by atoms with Gasteiger partial charge in [-0.15, -0.1) is 0 Å². The maximum atomic E-state index is 3.69. The third kappa shape index (κ3) is 8.54. The first kappa shape index (κ1) is 23.5. The minimum absolute atomic E-state index is 0.382. The van der Waals surface area contributed by atoms with Crippen molar-refractivity contribution in [2.24, 2.45) is 11.8 Å². The molecular weight excluding hydrogens is 292 g/mol. The van der Waals surface area contributed by atoms with Crippen molar-refractivity contribution in [1.29, 1.82) is 0 Å². The van der Waals surface area contributed by atoms with Gasteiger partial charge in [-0.3, -0.25) is 9.80 Å². The number of hydrogen-bond acceptors (Lipinski definition) is 2. The van der Waals surface area contributed by atoms with E-state index in [4.69, 9.17) is 0 Å². The highest BCUT2D eigenvalue weighted by Gasteiger charge is 2.22. The van der Waals surface area contributed by atoms with Crippen LogP contribution in [0.4, 0.5) is 0 Å². The fourth-order valence-corrected chi connectivity index (χ4v) is 3.61. The largest absolute Gasteiger partial charge is 0.296 e. The van der Waals surface area contributed by atoms with Crippen LogP contribution in [0.3, 0.4) is 0 Å². The van der Waals surface area contributed by atoms with Gasteiger partial charge in [0.1, 0.15) is 0 Å². The van der Waals surface area contributed by atoms with Crippen molar-refractivity contribution in [3.63, 3.8) is 0 Å². The van der Waals surface area contributed by atoms with E-state index in [0.717, 1.165) is 0 Å². The van der Waals surface area contributed by atoms with Crippen LogP contribution in [0.2, 0.25) is 0 Å². The van der Waals surface area contributed by atoms with E-state index in [0.29, 0.717) is 23.9 Å². The Morgan fingerprint density at radius 3 is 1.17 bits per heavy atom. The molecule has 0 aliphatic carbocycles. The van der Waals surface area contributed by atoms with Gasteiger partial charge in [-0.2, -0.15) is 0 Å². The second-order valence-electron chi connectivity index (χ2n) is 7.73. The molecule has 2 heteroatoms. The zero-order valence-corrected chi connectivity index (χ0v) is 17.9. The molecule has 24 heavy (non-hydrogen) atoms. The third-order valence-corrected chi connectivity index (χ3v) is 5.29. The first-order valence-electron chi connectivity index (χ1n) is 10.3.